The van der Waals surface area contributed by atoms with Crippen LogP contribution in [0, 0.1) is 12.8 Å². The lowest BCUT2D eigenvalue weighted by atomic mass is 9.80. The van der Waals surface area contributed by atoms with E-state index in [0.717, 1.165) is 22.2 Å². The average molecular weight is 562 g/mol. The zero-order valence-electron chi connectivity index (χ0n) is 24.4. The summed E-state index contributed by atoms with van der Waals surface area (Å²) in [7, 11) is 0. The van der Waals surface area contributed by atoms with Crippen molar-refractivity contribution in [2.45, 2.75) is 78.2 Å². The van der Waals surface area contributed by atoms with E-state index in [4.69, 9.17) is 14.2 Å². The number of hydrogen-bond donors (Lipinski definition) is 2. The van der Waals surface area contributed by atoms with E-state index < -0.39 is 35.7 Å². The summed E-state index contributed by atoms with van der Waals surface area (Å²) in [4.78, 5) is 43.2. The van der Waals surface area contributed by atoms with Crippen molar-refractivity contribution in [2.75, 3.05) is 6.61 Å². The fourth-order valence-electron chi connectivity index (χ4n) is 5.15. The Morgan fingerprint density at radius 1 is 1.00 bits per heavy atom. The summed E-state index contributed by atoms with van der Waals surface area (Å²) in [6.07, 6.45) is 1.25. The van der Waals surface area contributed by atoms with Crippen LogP contribution >= 0.6 is 0 Å². The average Bonchev–Trinajstić information content (AvgIpc) is 2.91. The standard InChI is InChI=1S/C32H39N3O6/c1-6-39-30(37)25-11-9-13-27(34-31(38)41-32(3,4)5)28(25)35-29(36)21-14-16-23(17-15-21)40-19-22-18-20(2)33-26-12-8-7-10-24(22)26/h7-8,10,12,14-18,25,27-28H,6,9,11,13,19H2,1-5H3,(H,34,38)(H,35,36)/t25-,27-,28?/m0/s1. The quantitative estimate of drug-likeness (QED) is 0.350. The lowest BCUT2D eigenvalue weighted by Crippen LogP contribution is -2.59. The molecule has 41 heavy (non-hydrogen) atoms. The van der Waals surface area contributed by atoms with Crippen LogP contribution in [-0.4, -0.2) is 47.2 Å². The molecule has 2 amide bonds. The number of nitrogens with one attached hydrogen (secondary N) is 2. The number of nitrogens with zero attached hydrogens (tertiary/aromatic N) is 1. The molecule has 1 saturated carbocycles. The van der Waals surface area contributed by atoms with Gasteiger partial charge in [-0.05, 0) is 83.9 Å². The van der Waals surface area contributed by atoms with Crippen LogP contribution in [0.3, 0.4) is 0 Å². The molecular weight excluding hydrogens is 522 g/mol. The maximum atomic E-state index is 13.3. The Kier molecular flexibility index (Phi) is 9.47. The molecule has 0 radical (unpaired) electrons. The maximum Gasteiger partial charge on any atom is 0.407 e. The largest absolute Gasteiger partial charge is 0.489 e. The molecule has 3 atom stereocenters. The maximum absolute atomic E-state index is 13.3. The van der Waals surface area contributed by atoms with Crippen LogP contribution in [0.4, 0.5) is 4.79 Å². The SMILES string of the molecule is CCOC(=O)[C@H]1CCC[C@H](NC(=O)OC(C)(C)C)C1NC(=O)c1ccc(OCc2cc(C)nc3ccccc23)cc1. The molecular formula is C32H39N3O6. The molecule has 9 heteroatoms. The molecule has 1 fully saturated rings. The van der Waals surface area contributed by atoms with Gasteiger partial charge in [-0.1, -0.05) is 24.6 Å². The first kappa shape index (κ1) is 29.8. The Morgan fingerprint density at radius 3 is 2.44 bits per heavy atom. The molecule has 9 nitrogen and oxygen atoms in total. The first-order valence-electron chi connectivity index (χ1n) is 14.1. The molecule has 1 heterocycles. The second-order valence-corrected chi connectivity index (χ2v) is 11.3. The second-order valence-electron chi connectivity index (χ2n) is 11.3. The van der Waals surface area contributed by atoms with Crippen LogP contribution in [0.5, 0.6) is 5.75 Å². The predicted molar refractivity (Wildman–Crippen MR) is 156 cm³/mol. The van der Waals surface area contributed by atoms with Crippen molar-refractivity contribution in [1.29, 1.82) is 0 Å². The van der Waals surface area contributed by atoms with Crippen molar-refractivity contribution in [2.24, 2.45) is 5.92 Å². The lowest BCUT2D eigenvalue weighted by Gasteiger charge is -2.38. The van der Waals surface area contributed by atoms with Crippen molar-refractivity contribution in [3.8, 4) is 5.75 Å². The van der Waals surface area contributed by atoms with Crippen molar-refractivity contribution >= 4 is 28.9 Å². The number of hydrogen-bond acceptors (Lipinski definition) is 7. The van der Waals surface area contributed by atoms with Gasteiger partial charge < -0.3 is 24.8 Å². The van der Waals surface area contributed by atoms with E-state index in [2.05, 4.69) is 15.6 Å². The van der Waals surface area contributed by atoms with Gasteiger partial charge >= 0.3 is 12.1 Å². The molecule has 1 unspecified atom stereocenters. The van der Waals surface area contributed by atoms with Gasteiger partial charge in [-0.15, -0.1) is 0 Å². The molecule has 0 aliphatic heterocycles. The molecule has 3 aromatic rings. The van der Waals surface area contributed by atoms with Gasteiger partial charge in [0.25, 0.3) is 5.91 Å². The number of carbonyl (C=O) groups excluding carboxylic acids is 3. The van der Waals surface area contributed by atoms with Crippen LogP contribution < -0.4 is 15.4 Å². The van der Waals surface area contributed by atoms with Gasteiger partial charge in [-0.3, -0.25) is 14.6 Å². The minimum Gasteiger partial charge on any atom is -0.489 e. The van der Waals surface area contributed by atoms with Gasteiger partial charge in [-0.2, -0.15) is 0 Å². The summed E-state index contributed by atoms with van der Waals surface area (Å²) in [5, 5.41) is 6.88. The van der Waals surface area contributed by atoms with E-state index >= 15 is 0 Å². The van der Waals surface area contributed by atoms with Gasteiger partial charge in [0.05, 0.1) is 30.1 Å². The van der Waals surface area contributed by atoms with Crippen LogP contribution in [0.2, 0.25) is 0 Å². The van der Waals surface area contributed by atoms with E-state index in [1.54, 1.807) is 52.0 Å². The van der Waals surface area contributed by atoms with Gasteiger partial charge in [0.15, 0.2) is 0 Å². The molecule has 2 aromatic carbocycles. The topological polar surface area (TPSA) is 116 Å². The Balaban J connectivity index is 1.45. The predicted octanol–water partition coefficient (Wildman–Crippen LogP) is 5.48. The highest BCUT2D eigenvalue weighted by Gasteiger charge is 2.40. The molecule has 0 saturated heterocycles. The molecule has 218 valence electrons. The van der Waals surface area contributed by atoms with Crippen LogP contribution in [0.1, 0.15) is 68.6 Å². The van der Waals surface area contributed by atoms with Crippen molar-refractivity contribution in [3.63, 3.8) is 0 Å². The number of benzene rings is 2. The van der Waals surface area contributed by atoms with Crippen LogP contribution in [0.15, 0.2) is 54.6 Å². The van der Waals surface area contributed by atoms with Gasteiger partial charge in [0.2, 0.25) is 0 Å². The zero-order chi connectivity index (χ0) is 29.6. The summed E-state index contributed by atoms with van der Waals surface area (Å²) in [5.74, 6) is -0.721. The summed E-state index contributed by atoms with van der Waals surface area (Å²) in [5.41, 5.74) is 2.59. The van der Waals surface area contributed by atoms with Crippen LogP contribution in [0.25, 0.3) is 10.9 Å². The van der Waals surface area contributed by atoms with E-state index in [-0.39, 0.29) is 12.5 Å². The number of aromatic nitrogens is 1. The number of para-hydroxylation sites is 1. The van der Waals surface area contributed by atoms with E-state index in [1.807, 2.05) is 37.3 Å². The highest BCUT2D eigenvalue weighted by atomic mass is 16.6. The third-order valence-corrected chi connectivity index (χ3v) is 6.93. The number of rotatable bonds is 8. The van der Waals surface area contributed by atoms with Gasteiger partial charge in [0, 0.05) is 22.2 Å². The van der Waals surface area contributed by atoms with Crippen molar-refractivity contribution in [3.05, 3.63) is 71.4 Å². The number of pyridine rings is 1. The smallest absolute Gasteiger partial charge is 0.407 e. The monoisotopic (exact) mass is 561 g/mol. The normalized spacial score (nSPS) is 18.8. The number of alkyl carbamates (subject to hydrolysis) is 1. The number of fused-ring (bicyclic) bond motifs is 1. The summed E-state index contributed by atoms with van der Waals surface area (Å²) in [6, 6.07) is 15.6. The Morgan fingerprint density at radius 2 is 1.73 bits per heavy atom. The Labute approximate surface area is 241 Å². The number of amides is 2. The second kappa shape index (κ2) is 13.0. The van der Waals surface area contributed by atoms with Crippen LogP contribution in [-0.2, 0) is 20.9 Å². The highest BCUT2D eigenvalue weighted by Crippen LogP contribution is 2.28. The third-order valence-electron chi connectivity index (χ3n) is 6.93. The van der Waals surface area contributed by atoms with E-state index in [0.29, 0.717) is 37.2 Å². The Hall–Kier alpha value is -4.14. The number of esters is 1. The summed E-state index contributed by atoms with van der Waals surface area (Å²) >= 11 is 0. The molecule has 0 bridgehead atoms. The minimum absolute atomic E-state index is 0.233. The highest BCUT2D eigenvalue weighted by molar-refractivity contribution is 5.95. The molecule has 1 aromatic heterocycles. The number of carbonyl (C=O) groups is 3. The first-order valence-corrected chi connectivity index (χ1v) is 14.1. The molecule has 4 rings (SSSR count). The minimum atomic E-state index is -0.675. The number of ether oxygens (including phenoxy) is 3. The number of aryl methyl sites for hydroxylation is 1. The molecule has 2 N–H and O–H groups in total. The third kappa shape index (κ3) is 7.96. The molecule has 0 spiro atoms. The lowest BCUT2D eigenvalue weighted by molar-refractivity contribution is -0.150. The zero-order valence-corrected chi connectivity index (χ0v) is 24.4. The van der Waals surface area contributed by atoms with Crippen molar-refractivity contribution < 1.29 is 28.6 Å². The molecule has 1 aliphatic rings. The fraction of sp³-hybridized carbons (Fsp3) is 0.438. The Bertz CT molecular complexity index is 1380. The summed E-state index contributed by atoms with van der Waals surface area (Å²) < 4.78 is 16.7. The van der Waals surface area contributed by atoms with E-state index in [1.165, 1.54) is 0 Å². The fourth-order valence-corrected chi connectivity index (χ4v) is 5.15. The first-order chi connectivity index (χ1) is 19.5. The molecule has 1 aliphatic carbocycles. The van der Waals surface area contributed by atoms with Gasteiger partial charge in [-0.25, -0.2) is 4.79 Å². The van der Waals surface area contributed by atoms with Crippen molar-refractivity contribution in [1.82, 2.24) is 15.6 Å². The van der Waals surface area contributed by atoms with Gasteiger partial charge in [0.1, 0.15) is 18.0 Å². The van der Waals surface area contributed by atoms with E-state index in [9.17, 15) is 14.4 Å². The summed E-state index contributed by atoms with van der Waals surface area (Å²) in [6.45, 7) is 9.63.